The van der Waals surface area contributed by atoms with Crippen molar-refractivity contribution < 1.29 is 4.74 Å². The topological polar surface area (TPSA) is 24.5 Å². The predicted molar refractivity (Wildman–Crippen MR) is 82.6 cm³/mol. The summed E-state index contributed by atoms with van der Waals surface area (Å²) in [7, 11) is 0. The highest BCUT2D eigenvalue weighted by molar-refractivity contribution is 4.87. The van der Waals surface area contributed by atoms with Gasteiger partial charge in [0.2, 0.25) is 0 Å². The third-order valence-electron chi connectivity index (χ3n) is 3.72. The minimum atomic E-state index is 0.177. The van der Waals surface area contributed by atoms with E-state index in [1.165, 1.54) is 19.3 Å². The van der Waals surface area contributed by atoms with Crippen molar-refractivity contribution in [2.75, 3.05) is 26.2 Å². The maximum Gasteiger partial charge on any atom is 0.0707 e. The lowest BCUT2D eigenvalue weighted by Gasteiger charge is -2.36. The number of hydrogen-bond acceptors (Lipinski definition) is 3. The van der Waals surface area contributed by atoms with Crippen LogP contribution < -0.4 is 5.32 Å². The molecule has 1 N–H and O–H groups in total. The molecule has 3 heteroatoms. The van der Waals surface area contributed by atoms with Gasteiger partial charge in [-0.15, -0.1) is 6.58 Å². The van der Waals surface area contributed by atoms with Gasteiger partial charge in [-0.05, 0) is 46.6 Å². The van der Waals surface area contributed by atoms with Gasteiger partial charge < -0.3 is 10.1 Å². The van der Waals surface area contributed by atoms with Gasteiger partial charge in [-0.25, -0.2) is 0 Å². The van der Waals surface area contributed by atoms with Crippen LogP contribution in [0.1, 0.15) is 47.0 Å². The van der Waals surface area contributed by atoms with E-state index >= 15 is 0 Å². The highest BCUT2D eigenvalue weighted by atomic mass is 16.5. The first-order valence-electron chi connectivity index (χ1n) is 7.69. The molecule has 112 valence electrons. The van der Waals surface area contributed by atoms with Crippen LogP contribution in [-0.4, -0.2) is 48.8 Å². The molecule has 1 fully saturated rings. The lowest BCUT2D eigenvalue weighted by atomic mass is 10.0. The molecule has 0 radical (unpaired) electrons. The van der Waals surface area contributed by atoms with E-state index in [9.17, 15) is 0 Å². The molecule has 0 bridgehead atoms. The van der Waals surface area contributed by atoms with Gasteiger partial charge in [0, 0.05) is 25.2 Å². The van der Waals surface area contributed by atoms with Crippen LogP contribution in [0.4, 0.5) is 0 Å². The molecular weight excluding hydrogens is 236 g/mol. The maximum atomic E-state index is 6.14. The molecule has 0 aromatic carbocycles. The van der Waals surface area contributed by atoms with E-state index in [4.69, 9.17) is 4.74 Å². The average molecular weight is 268 g/mol. The highest BCUT2D eigenvalue weighted by Gasteiger charge is 2.29. The second kappa shape index (κ2) is 8.03. The minimum absolute atomic E-state index is 0.177. The summed E-state index contributed by atoms with van der Waals surface area (Å²) < 4.78 is 6.14. The van der Waals surface area contributed by atoms with Crippen molar-refractivity contribution in [3.05, 3.63) is 12.7 Å². The fourth-order valence-electron chi connectivity index (χ4n) is 2.53. The highest BCUT2D eigenvalue weighted by Crippen LogP contribution is 2.23. The van der Waals surface area contributed by atoms with Crippen LogP contribution in [-0.2, 0) is 4.74 Å². The molecule has 1 rings (SSSR count). The second-order valence-electron chi connectivity index (χ2n) is 6.53. The molecule has 0 aromatic rings. The van der Waals surface area contributed by atoms with Crippen molar-refractivity contribution >= 4 is 0 Å². The van der Waals surface area contributed by atoms with Crippen LogP contribution in [0.25, 0.3) is 0 Å². The minimum Gasteiger partial charge on any atom is -0.372 e. The Balaban J connectivity index is 2.35. The number of rotatable bonds is 8. The summed E-state index contributed by atoms with van der Waals surface area (Å²) >= 11 is 0. The molecule has 0 aromatic heterocycles. The Bertz CT molecular complexity index is 260. The van der Waals surface area contributed by atoms with Gasteiger partial charge in [-0.3, -0.25) is 4.90 Å². The van der Waals surface area contributed by atoms with E-state index < -0.39 is 0 Å². The smallest absolute Gasteiger partial charge is 0.0707 e. The molecule has 2 atom stereocenters. The standard InChI is InChI=1S/C16H32N2O/c1-6-10-17-12-14-8-9-15(19-14)13-18(11-7-2)16(3,4)5/h7,14-15,17H,2,6,8-13H2,1,3-5H3. The van der Waals surface area contributed by atoms with Gasteiger partial charge in [-0.2, -0.15) is 0 Å². The average Bonchev–Trinajstić information content (AvgIpc) is 2.76. The lowest BCUT2D eigenvalue weighted by molar-refractivity contribution is 0.00696. The largest absolute Gasteiger partial charge is 0.372 e. The molecule has 3 nitrogen and oxygen atoms in total. The Morgan fingerprint density at radius 3 is 2.58 bits per heavy atom. The van der Waals surface area contributed by atoms with Gasteiger partial charge in [0.1, 0.15) is 0 Å². The Labute approximate surface area is 119 Å². The fraction of sp³-hybridized carbons (Fsp3) is 0.875. The maximum absolute atomic E-state index is 6.14. The molecule has 0 amide bonds. The normalized spacial score (nSPS) is 24.1. The van der Waals surface area contributed by atoms with Gasteiger partial charge in [0.25, 0.3) is 0 Å². The Hall–Kier alpha value is -0.380. The van der Waals surface area contributed by atoms with Crippen LogP contribution in [0.2, 0.25) is 0 Å². The van der Waals surface area contributed by atoms with Crippen molar-refractivity contribution in [2.45, 2.75) is 64.7 Å². The summed E-state index contributed by atoms with van der Waals surface area (Å²) in [6.07, 6.45) is 6.33. The number of nitrogens with one attached hydrogen (secondary N) is 1. The first kappa shape index (κ1) is 16.7. The molecule has 1 heterocycles. The van der Waals surface area contributed by atoms with Crippen molar-refractivity contribution in [3.8, 4) is 0 Å². The number of hydrogen-bond donors (Lipinski definition) is 1. The van der Waals surface area contributed by atoms with Crippen molar-refractivity contribution in [1.82, 2.24) is 10.2 Å². The van der Waals surface area contributed by atoms with Crippen molar-refractivity contribution in [3.63, 3.8) is 0 Å². The van der Waals surface area contributed by atoms with E-state index in [0.717, 1.165) is 26.2 Å². The zero-order valence-electron chi connectivity index (χ0n) is 13.2. The van der Waals surface area contributed by atoms with Crippen LogP contribution in [0, 0.1) is 0 Å². The molecule has 1 aliphatic rings. The molecule has 0 saturated carbocycles. The predicted octanol–water partition coefficient (Wildman–Crippen LogP) is 2.82. The van der Waals surface area contributed by atoms with Crippen LogP contribution >= 0.6 is 0 Å². The van der Waals surface area contributed by atoms with Crippen LogP contribution in [0.15, 0.2) is 12.7 Å². The molecule has 0 spiro atoms. The van der Waals surface area contributed by atoms with Crippen molar-refractivity contribution in [1.29, 1.82) is 0 Å². The third-order valence-corrected chi connectivity index (χ3v) is 3.72. The van der Waals surface area contributed by atoms with Crippen molar-refractivity contribution in [2.24, 2.45) is 0 Å². The zero-order chi connectivity index (χ0) is 14.3. The van der Waals surface area contributed by atoms with E-state index in [2.05, 4.69) is 44.5 Å². The van der Waals surface area contributed by atoms with Gasteiger partial charge >= 0.3 is 0 Å². The Morgan fingerprint density at radius 1 is 1.32 bits per heavy atom. The summed E-state index contributed by atoms with van der Waals surface area (Å²) in [6.45, 7) is 16.9. The van der Waals surface area contributed by atoms with E-state index in [1.807, 2.05) is 6.08 Å². The van der Waals surface area contributed by atoms with Crippen LogP contribution in [0.5, 0.6) is 0 Å². The summed E-state index contributed by atoms with van der Waals surface area (Å²) in [5, 5.41) is 3.45. The van der Waals surface area contributed by atoms with E-state index in [0.29, 0.717) is 12.2 Å². The van der Waals surface area contributed by atoms with E-state index in [-0.39, 0.29) is 5.54 Å². The molecule has 0 aliphatic carbocycles. The summed E-state index contributed by atoms with van der Waals surface area (Å²) in [5.41, 5.74) is 0.177. The summed E-state index contributed by atoms with van der Waals surface area (Å²) in [4.78, 5) is 2.45. The fourth-order valence-corrected chi connectivity index (χ4v) is 2.53. The first-order chi connectivity index (χ1) is 8.97. The molecular formula is C16H32N2O. The van der Waals surface area contributed by atoms with Gasteiger partial charge in [0.05, 0.1) is 12.2 Å². The van der Waals surface area contributed by atoms with Gasteiger partial charge in [-0.1, -0.05) is 13.0 Å². The molecule has 19 heavy (non-hydrogen) atoms. The molecule has 1 saturated heterocycles. The number of ether oxygens (including phenoxy) is 1. The SMILES string of the molecule is C=CCN(CC1CCC(CNCCC)O1)C(C)(C)C. The second-order valence-corrected chi connectivity index (χ2v) is 6.53. The third kappa shape index (κ3) is 6.07. The Morgan fingerprint density at radius 2 is 2.00 bits per heavy atom. The zero-order valence-corrected chi connectivity index (χ0v) is 13.2. The molecule has 1 aliphatic heterocycles. The summed E-state index contributed by atoms with van der Waals surface area (Å²) in [5.74, 6) is 0. The Kier molecular flexibility index (Phi) is 7.05. The quantitative estimate of drug-likeness (QED) is 0.541. The van der Waals surface area contributed by atoms with Gasteiger partial charge in [0.15, 0.2) is 0 Å². The van der Waals surface area contributed by atoms with E-state index in [1.54, 1.807) is 0 Å². The lowest BCUT2D eigenvalue weighted by Crippen LogP contribution is -2.45. The summed E-state index contributed by atoms with van der Waals surface area (Å²) in [6, 6.07) is 0. The first-order valence-corrected chi connectivity index (χ1v) is 7.69. The monoisotopic (exact) mass is 268 g/mol. The van der Waals surface area contributed by atoms with Crippen LogP contribution in [0.3, 0.4) is 0 Å². The number of nitrogens with zero attached hydrogens (tertiary/aromatic N) is 1. The molecule has 2 unspecified atom stereocenters.